The Morgan fingerprint density at radius 3 is 2.85 bits per heavy atom. The van der Waals surface area contributed by atoms with Crippen LogP contribution in [0.15, 0.2) is 28.8 Å². The summed E-state index contributed by atoms with van der Waals surface area (Å²) in [6, 6.07) is 8.53. The van der Waals surface area contributed by atoms with E-state index in [-0.39, 0.29) is 5.92 Å². The molecule has 2 aliphatic rings. The molecule has 2 aromatic rings. The fourth-order valence-corrected chi connectivity index (χ4v) is 3.28. The first-order valence-corrected chi connectivity index (χ1v) is 7.37. The van der Waals surface area contributed by atoms with Gasteiger partial charge in [-0.25, -0.2) is 0 Å². The molecule has 4 nitrogen and oxygen atoms in total. The summed E-state index contributed by atoms with van der Waals surface area (Å²) in [4.78, 5) is 4.62. The average molecular weight is 269 g/mol. The Kier molecular flexibility index (Phi) is 2.51. The molecule has 0 spiro atoms. The normalized spacial score (nSPS) is 24.4. The van der Waals surface area contributed by atoms with E-state index in [0.29, 0.717) is 11.8 Å². The topological polar surface area (TPSA) is 64.9 Å². The first-order chi connectivity index (χ1) is 9.66. The molecule has 0 bridgehead atoms. The molecule has 0 radical (unpaired) electrons. The predicted molar refractivity (Wildman–Crippen MR) is 75.2 cm³/mol. The fraction of sp³-hybridized carbons (Fsp3) is 0.500. The number of nitrogens with zero attached hydrogens (tertiary/aromatic N) is 2. The van der Waals surface area contributed by atoms with Gasteiger partial charge in [-0.3, -0.25) is 0 Å². The van der Waals surface area contributed by atoms with Crippen molar-refractivity contribution in [2.75, 3.05) is 0 Å². The Morgan fingerprint density at radius 1 is 1.25 bits per heavy atom. The quantitative estimate of drug-likeness (QED) is 0.930. The van der Waals surface area contributed by atoms with E-state index in [9.17, 15) is 0 Å². The van der Waals surface area contributed by atoms with E-state index in [2.05, 4.69) is 34.4 Å². The Bertz CT molecular complexity index is 643. The summed E-state index contributed by atoms with van der Waals surface area (Å²) >= 11 is 0. The standard InChI is InChI=1S/C16H19N3O/c1-16(17,11-7-8-11)15-18-14(19-20-15)13-9-6-10-4-2-3-5-12(10)13/h2-5,11,13H,6-9,17H2,1H3. The van der Waals surface area contributed by atoms with Crippen LogP contribution < -0.4 is 5.73 Å². The summed E-state index contributed by atoms with van der Waals surface area (Å²) in [6.07, 6.45) is 4.48. The maximum absolute atomic E-state index is 6.35. The van der Waals surface area contributed by atoms with Crippen molar-refractivity contribution in [2.24, 2.45) is 11.7 Å². The van der Waals surface area contributed by atoms with Crippen molar-refractivity contribution in [1.82, 2.24) is 10.1 Å². The molecule has 20 heavy (non-hydrogen) atoms. The minimum atomic E-state index is -0.469. The van der Waals surface area contributed by atoms with Crippen LogP contribution in [0.5, 0.6) is 0 Å². The van der Waals surface area contributed by atoms with Crippen molar-refractivity contribution in [2.45, 2.75) is 44.1 Å². The third-order valence-corrected chi connectivity index (χ3v) is 4.77. The Hall–Kier alpha value is -1.68. The molecule has 1 heterocycles. The van der Waals surface area contributed by atoms with E-state index in [1.165, 1.54) is 11.1 Å². The highest BCUT2D eigenvalue weighted by Crippen LogP contribution is 2.44. The Balaban J connectivity index is 1.66. The second-order valence-corrected chi connectivity index (χ2v) is 6.30. The zero-order valence-corrected chi connectivity index (χ0v) is 11.7. The molecular formula is C16H19N3O. The van der Waals surface area contributed by atoms with Crippen LogP contribution in [-0.2, 0) is 12.0 Å². The van der Waals surface area contributed by atoms with Crippen LogP contribution in [-0.4, -0.2) is 10.1 Å². The molecule has 0 aliphatic heterocycles. The number of aromatic nitrogens is 2. The third kappa shape index (κ3) is 1.79. The summed E-state index contributed by atoms with van der Waals surface area (Å²) in [5.41, 5.74) is 8.63. The van der Waals surface area contributed by atoms with Gasteiger partial charge in [-0.1, -0.05) is 29.4 Å². The number of fused-ring (bicyclic) bond motifs is 1. The molecule has 4 heteroatoms. The van der Waals surface area contributed by atoms with Gasteiger partial charge >= 0.3 is 0 Å². The summed E-state index contributed by atoms with van der Waals surface area (Å²) in [6.45, 7) is 2.00. The van der Waals surface area contributed by atoms with Gasteiger partial charge in [0.1, 0.15) is 0 Å². The highest BCUT2D eigenvalue weighted by Gasteiger charge is 2.44. The lowest BCUT2D eigenvalue weighted by molar-refractivity contribution is 0.272. The molecule has 0 saturated heterocycles. The van der Waals surface area contributed by atoms with E-state index >= 15 is 0 Å². The number of benzene rings is 1. The smallest absolute Gasteiger partial charge is 0.246 e. The molecule has 0 amide bonds. The monoisotopic (exact) mass is 269 g/mol. The van der Waals surface area contributed by atoms with Gasteiger partial charge < -0.3 is 10.3 Å². The van der Waals surface area contributed by atoms with Crippen molar-refractivity contribution in [3.8, 4) is 0 Å². The van der Waals surface area contributed by atoms with Gasteiger partial charge in [-0.15, -0.1) is 0 Å². The molecule has 1 aromatic heterocycles. The summed E-state index contributed by atoms with van der Waals surface area (Å²) < 4.78 is 5.47. The van der Waals surface area contributed by atoms with Gasteiger partial charge in [0, 0.05) is 5.92 Å². The lowest BCUT2D eigenvalue weighted by Gasteiger charge is -2.18. The molecule has 1 aromatic carbocycles. The minimum Gasteiger partial charge on any atom is -0.337 e. The highest BCUT2D eigenvalue weighted by atomic mass is 16.5. The van der Waals surface area contributed by atoms with Gasteiger partial charge in [0.05, 0.1) is 5.54 Å². The number of hydrogen-bond donors (Lipinski definition) is 1. The van der Waals surface area contributed by atoms with Crippen LogP contribution >= 0.6 is 0 Å². The average Bonchev–Trinajstić information content (AvgIpc) is 3.05. The van der Waals surface area contributed by atoms with Gasteiger partial charge in [0.15, 0.2) is 5.82 Å². The minimum absolute atomic E-state index is 0.263. The molecule has 1 saturated carbocycles. The third-order valence-electron chi connectivity index (χ3n) is 4.77. The highest BCUT2D eigenvalue weighted by molar-refractivity contribution is 5.38. The molecule has 4 rings (SSSR count). The van der Waals surface area contributed by atoms with Crippen LogP contribution in [0.1, 0.15) is 54.9 Å². The summed E-state index contributed by atoms with van der Waals surface area (Å²) in [5, 5.41) is 4.21. The van der Waals surface area contributed by atoms with Crippen molar-refractivity contribution in [3.63, 3.8) is 0 Å². The van der Waals surface area contributed by atoms with Gasteiger partial charge in [0.25, 0.3) is 0 Å². The first-order valence-electron chi connectivity index (χ1n) is 7.37. The van der Waals surface area contributed by atoms with Crippen LogP contribution in [0, 0.1) is 5.92 Å². The molecular weight excluding hydrogens is 250 g/mol. The number of aryl methyl sites for hydroxylation is 1. The molecule has 104 valence electrons. The zero-order valence-electron chi connectivity index (χ0n) is 11.7. The lowest BCUT2D eigenvalue weighted by atomic mass is 9.97. The molecule has 1 fully saturated rings. The van der Waals surface area contributed by atoms with Gasteiger partial charge in [0.2, 0.25) is 5.89 Å². The van der Waals surface area contributed by atoms with Crippen LogP contribution in [0.4, 0.5) is 0 Å². The lowest BCUT2D eigenvalue weighted by Crippen LogP contribution is -2.35. The number of hydrogen-bond acceptors (Lipinski definition) is 4. The Morgan fingerprint density at radius 2 is 2.05 bits per heavy atom. The van der Waals surface area contributed by atoms with Gasteiger partial charge in [-0.05, 0) is 49.7 Å². The second-order valence-electron chi connectivity index (χ2n) is 6.30. The predicted octanol–water partition coefficient (Wildman–Crippen LogP) is 2.73. The number of rotatable bonds is 3. The van der Waals surface area contributed by atoms with Crippen LogP contribution in [0.25, 0.3) is 0 Å². The molecule has 2 unspecified atom stereocenters. The van der Waals surface area contributed by atoms with E-state index in [4.69, 9.17) is 10.3 Å². The van der Waals surface area contributed by atoms with E-state index < -0.39 is 5.54 Å². The largest absolute Gasteiger partial charge is 0.337 e. The Labute approximate surface area is 118 Å². The molecule has 2 atom stereocenters. The van der Waals surface area contributed by atoms with Crippen molar-refractivity contribution >= 4 is 0 Å². The van der Waals surface area contributed by atoms with E-state index in [0.717, 1.165) is 31.5 Å². The second kappa shape index (κ2) is 4.16. The summed E-state index contributed by atoms with van der Waals surface area (Å²) in [7, 11) is 0. The maximum atomic E-state index is 6.35. The van der Waals surface area contributed by atoms with Crippen molar-refractivity contribution in [3.05, 3.63) is 47.1 Å². The number of nitrogens with two attached hydrogens (primary N) is 1. The SMILES string of the molecule is CC(N)(c1nc(C2CCc3ccccc32)no1)C1CC1. The molecule has 2 N–H and O–H groups in total. The molecule has 2 aliphatic carbocycles. The summed E-state index contributed by atoms with van der Waals surface area (Å²) in [5.74, 6) is 2.15. The van der Waals surface area contributed by atoms with E-state index in [1.807, 2.05) is 6.92 Å². The van der Waals surface area contributed by atoms with E-state index in [1.54, 1.807) is 0 Å². The first kappa shape index (κ1) is 12.1. The van der Waals surface area contributed by atoms with Crippen molar-refractivity contribution < 1.29 is 4.52 Å². The van der Waals surface area contributed by atoms with Gasteiger partial charge in [-0.2, -0.15) is 4.98 Å². The van der Waals surface area contributed by atoms with Crippen LogP contribution in [0.3, 0.4) is 0 Å². The van der Waals surface area contributed by atoms with Crippen LogP contribution in [0.2, 0.25) is 0 Å². The maximum Gasteiger partial charge on any atom is 0.246 e. The zero-order chi connectivity index (χ0) is 13.7. The van der Waals surface area contributed by atoms with Crippen molar-refractivity contribution in [1.29, 1.82) is 0 Å². The fourth-order valence-electron chi connectivity index (χ4n) is 3.28.